The zero-order valence-electron chi connectivity index (χ0n) is 12.3. The Morgan fingerprint density at radius 1 is 1.04 bits per heavy atom. The summed E-state index contributed by atoms with van der Waals surface area (Å²) in [6.45, 7) is 0. The topological polar surface area (TPSA) is 64.0 Å². The van der Waals surface area contributed by atoms with Crippen molar-refractivity contribution < 1.29 is 8.42 Å². The maximum absolute atomic E-state index is 12.4. The van der Waals surface area contributed by atoms with E-state index in [1.807, 2.05) is 30.3 Å². The molecular weight excluding hydrogens is 378 g/mol. The van der Waals surface area contributed by atoms with Gasteiger partial charge in [0, 0.05) is 23.2 Å². The van der Waals surface area contributed by atoms with Gasteiger partial charge >= 0.3 is 0 Å². The fourth-order valence-corrected chi connectivity index (χ4v) is 3.47. The highest BCUT2D eigenvalue weighted by Gasteiger charge is 2.17. The number of hydrogen-bond donors (Lipinski definition) is 1. The van der Waals surface area contributed by atoms with Gasteiger partial charge in [-0.3, -0.25) is 9.40 Å². The Balaban J connectivity index is 1.91. The lowest BCUT2D eigenvalue weighted by Crippen LogP contribution is -2.15. The van der Waals surface area contributed by atoms with Crippen LogP contribution in [0.25, 0.3) is 11.3 Å². The van der Waals surface area contributed by atoms with Crippen LogP contribution in [0.5, 0.6) is 0 Å². The van der Waals surface area contributed by atoms with Crippen molar-refractivity contribution in [2.75, 3.05) is 4.72 Å². The first-order valence-corrected chi connectivity index (χ1v) is 9.11. The number of hydrogen-bond acceptors (Lipinski definition) is 3. The summed E-state index contributed by atoms with van der Waals surface area (Å²) in [5, 5.41) is 4.36. The van der Waals surface area contributed by atoms with Crippen LogP contribution >= 0.6 is 15.9 Å². The number of halogens is 1. The van der Waals surface area contributed by atoms with Crippen molar-refractivity contribution in [2.45, 2.75) is 4.90 Å². The molecule has 1 N–H and O–H groups in total. The molecule has 23 heavy (non-hydrogen) atoms. The van der Waals surface area contributed by atoms with Gasteiger partial charge in [0.25, 0.3) is 10.0 Å². The van der Waals surface area contributed by atoms with Gasteiger partial charge in [0.2, 0.25) is 0 Å². The molecule has 0 aliphatic heterocycles. The van der Waals surface area contributed by atoms with Gasteiger partial charge in [-0.25, -0.2) is 8.42 Å². The number of benzene rings is 2. The first-order valence-electron chi connectivity index (χ1n) is 6.83. The van der Waals surface area contributed by atoms with E-state index in [2.05, 4.69) is 25.8 Å². The molecule has 1 aromatic heterocycles. The van der Waals surface area contributed by atoms with Crippen molar-refractivity contribution in [3.63, 3.8) is 0 Å². The smallest absolute Gasteiger partial charge is 0.263 e. The molecule has 0 bridgehead atoms. The maximum Gasteiger partial charge on any atom is 0.263 e. The number of anilines is 1. The first kappa shape index (κ1) is 15.8. The molecule has 2 aromatic carbocycles. The lowest BCUT2D eigenvalue weighted by atomic mass is 10.2. The van der Waals surface area contributed by atoms with Gasteiger partial charge in [-0.2, -0.15) is 5.10 Å². The summed E-state index contributed by atoms with van der Waals surface area (Å²) in [6, 6.07) is 17.8. The minimum absolute atomic E-state index is 0.197. The second kappa shape index (κ2) is 6.17. The van der Waals surface area contributed by atoms with E-state index in [0.717, 1.165) is 10.0 Å². The molecule has 0 amide bonds. The summed E-state index contributed by atoms with van der Waals surface area (Å²) in [4.78, 5) is 0.197. The molecule has 1 heterocycles. The van der Waals surface area contributed by atoms with Gasteiger partial charge in [-0.05, 0) is 24.3 Å². The van der Waals surface area contributed by atoms with Gasteiger partial charge in [0.1, 0.15) is 5.82 Å². The molecule has 0 radical (unpaired) electrons. The fraction of sp³-hybridized carbons (Fsp3) is 0.0625. The van der Waals surface area contributed by atoms with Gasteiger partial charge in [0.05, 0.1) is 10.6 Å². The van der Waals surface area contributed by atoms with E-state index < -0.39 is 10.0 Å². The summed E-state index contributed by atoms with van der Waals surface area (Å²) >= 11 is 3.29. The van der Waals surface area contributed by atoms with Crippen molar-refractivity contribution in [3.05, 3.63) is 65.1 Å². The van der Waals surface area contributed by atoms with Gasteiger partial charge in [0.15, 0.2) is 0 Å². The molecule has 0 aliphatic carbocycles. The van der Waals surface area contributed by atoms with Crippen molar-refractivity contribution in [1.29, 1.82) is 0 Å². The molecule has 0 saturated heterocycles. The van der Waals surface area contributed by atoms with Crippen LogP contribution in [0.4, 0.5) is 5.82 Å². The van der Waals surface area contributed by atoms with Crippen LogP contribution in [-0.2, 0) is 17.1 Å². The number of rotatable bonds is 4. The highest BCUT2D eigenvalue weighted by molar-refractivity contribution is 9.10. The minimum Gasteiger partial charge on any atom is -0.264 e. The second-order valence-corrected chi connectivity index (χ2v) is 7.56. The zero-order valence-corrected chi connectivity index (χ0v) is 14.7. The van der Waals surface area contributed by atoms with E-state index in [-0.39, 0.29) is 4.90 Å². The summed E-state index contributed by atoms with van der Waals surface area (Å²) in [5.74, 6) is 0.409. The van der Waals surface area contributed by atoms with Crippen LogP contribution in [0.3, 0.4) is 0 Å². The molecule has 0 atom stereocenters. The molecule has 0 saturated carbocycles. The Hall–Kier alpha value is -2.12. The van der Waals surface area contributed by atoms with E-state index in [1.165, 1.54) is 4.68 Å². The number of sulfonamides is 1. The maximum atomic E-state index is 12.4. The van der Waals surface area contributed by atoms with Gasteiger partial charge in [-0.15, -0.1) is 0 Å². The molecule has 0 unspecified atom stereocenters. The third-order valence-electron chi connectivity index (χ3n) is 3.31. The molecule has 3 aromatic rings. The summed E-state index contributed by atoms with van der Waals surface area (Å²) < 4.78 is 29.8. The van der Waals surface area contributed by atoms with Gasteiger partial charge < -0.3 is 0 Å². The Morgan fingerprint density at radius 3 is 2.35 bits per heavy atom. The third-order valence-corrected chi connectivity index (χ3v) is 5.21. The largest absolute Gasteiger partial charge is 0.264 e. The number of aromatic nitrogens is 2. The van der Waals surface area contributed by atoms with E-state index in [0.29, 0.717) is 11.5 Å². The molecule has 0 aliphatic rings. The Kier molecular flexibility index (Phi) is 4.23. The van der Waals surface area contributed by atoms with Crippen molar-refractivity contribution in [3.8, 4) is 11.3 Å². The zero-order chi connectivity index (χ0) is 16.4. The molecule has 3 rings (SSSR count). The van der Waals surface area contributed by atoms with Crippen LogP contribution in [0, 0.1) is 0 Å². The van der Waals surface area contributed by atoms with Crippen LogP contribution in [-0.4, -0.2) is 18.2 Å². The number of aryl methyl sites for hydroxylation is 1. The highest BCUT2D eigenvalue weighted by Crippen LogP contribution is 2.23. The van der Waals surface area contributed by atoms with Crippen LogP contribution in [0.2, 0.25) is 0 Å². The summed E-state index contributed by atoms with van der Waals surface area (Å²) in [6.07, 6.45) is 0. The first-order chi connectivity index (χ1) is 11.0. The monoisotopic (exact) mass is 391 g/mol. The SMILES string of the molecule is Cn1nc(-c2ccccc2)cc1NS(=O)(=O)c1ccc(Br)cc1. The van der Waals surface area contributed by atoms with Crippen molar-refractivity contribution in [2.24, 2.45) is 7.05 Å². The fourth-order valence-electron chi connectivity index (χ4n) is 2.12. The van der Waals surface area contributed by atoms with Crippen LogP contribution in [0.15, 0.2) is 70.0 Å². The molecule has 0 spiro atoms. The quantitative estimate of drug-likeness (QED) is 0.737. The van der Waals surface area contributed by atoms with Crippen LogP contribution in [0.1, 0.15) is 0 Å². The van der Waals surface area contributed by atoms with E-state index in [9.17, 15) is 8.42 Å². The Morgan fingerprint density at radius 2 is 1.70 bits per heavy atom. The van der Waals surface area contributed by atoms with E-state index >= 15 is 0 Å². The predicted octanol–water partition coefficient (Wildman–Crippen LogP) is 3.65. The van der Waals surface area contributed by atoms with Gasteiger partial charge in [-0.1, -0.05) is 46.3 Å². The lowest BCUT2D eigenvalue weighted by molar-refractivity contribution is 0.600. The number of nitrogens with zero attached hydrogens (tertiary/aromatic N) is 2. The Labute approximate surface area is 143 Å². The summed E-state index contributed by atoms with van der Waals surface area (Å²) in [7, 11) is -1.95. The standard InChI is InChI=1S/C16H14BrN3O2S/c1-20-16(11-15(18-20)12-5-3-2-4-6-12)19-23(21,22)14-9-7-13(17)8-10-14/h2-11,19H,1H3. The molecular formula is C16H14BrN3O2S. The molecule has 7 heteroatoms. The average Bonchev–Trinajstić information content (AvgIpc) is 2.89. The number of nitrogens with one attached hydrogen (secondary N) is 1. The summed E-state index contributed by atoms with van der Waals surface area (Å²) in [5.41, 5.74) is 1.64. The lowest BCUT2D eigenvalue weighted by Gasteiger charge is -2.07. The minimum atomic E-state index is -3.65. The predicted molar refractivity (Wildman–Crippen MR) is 93.6 cm³/mol. The van der Waals surface area contributed by atoms with Crippen LogP contribution < -0.4 is 4.72 Å². The second-order valence-electron chi connectivity index (χ2n) is 4.96. The Bertz CT molecular complexity index is 920. The molecule has 118 valence electrons. The third kappa shape index (κ3) is 3.46. The van der Waals surface area contributed by atoms with Crippen molar-refractivity contribution >= 4 is 31.8 Å². The van der Waals surface area contributed by atoms with Crippen molar-refractivity contribution in [1.82, 2.24) is 9.78 Å². The molecule has 5 nitrogen and oxygen atoms in total. The molecule has 0 fully saturated rings. The van der Waals surface area contributed by atoms with E-state index in [4.69, 9.17) is 0 Å². The highest BCUT2D eigenvalue weighted by atomic mass is 79.9. The average molecular weight is 392 g/mol. The normalized spacial score (nSPS) is 11.4. The van der Waals surface area contributed by atoms with E-state index in [1.54, 1.807) is 37.4 Å².